The van der Waals surface area contributed by atoms with Crippen molar-refractivity contribution in [3.05, 3.63) is 21.9 Å². The summed E-state index contributed by atoms with van der Waals surface area (Å²) in [5.74, 6) is 1.53. The van der Waals surface area contributed by atoms with E-state index in [1.807, 2.05) is 11.3 Å². The van der Waals surface area contributed by atoms with Gasteiger partial charge in [-0.2, -0.15) is 0 Å². The highest BCUT2D eigenvalue weighted by atomic mass is 32.1. The van der Waals surface area contributed by atoms with Crippen molar-refractivity contribution >= 4 is 11.3 Å². The summed E-state index contributed by atoms with van der Waals surface area (Å²) in [4.78, 5) is 10.7. The Balaban J connectivity index is 1.33. The lowest BCUT2D eigenvalue weighted by Crippen LogP contribution is -2.49. The molecule has 4 heterocycles. The van der Waals surface area contributed by atoms with E-state index in [0.29, 0.717) is 6.10 Å². The van der Waals surface area contributed by atoms with E-state index in [4.69, 9.17) is 4.74 Å². The van der Waals surface area contributed by atoms with Crippen molar-refractivity contribution < 1.29 is 4.74 Å². The summed E-state index contributed by atoms with van der Waals surface area (Å²) in [7, 11) is 2.23. The lowest BCUT2D eigenvalue weighted by molar-refractivity contribution is 0.0298. The monoisotopic (exact) mass is 349 g/mol. The van der Waals surface area contributed by atoms with Gasteiger partial charge in [-0.1, -0.05) is 0 Å². The second-order valence-electron chi connectivity index (χ2n) is 7.94. The second-order valence-corrected chi connectivity index (χ2v) is 9.31. The molecule has 1 aromatic rings. The zero-order chi connectivity index (χ0) is 16.5. The summed E-state index contributed by atoms with van der Waals surface area (Å²) in [5, 5.41) is 0. The maximum atomic E-state index is 6.25. The van der Waals surface area contributed by atoms with Crippen LogP contribution in [0.1, 0.15) is 16.2 Å². The van der Waals surface area contributed by atoms with E-state index in [2.05, 4.69) is 40.8 Å². The van der Waals surface area contributed by atoms with Crippen LogP contribution in [0.5, 0.6) is 0 Å². The molecular formula is C19H31N3OS. The summed E-state index contributed by atoms with van der Waals surface area (Å²) in [5.41, 5.74) is 0. The van der Waals surface area contributed by atoms with Gasteiger partial charge in [0, 0.05) is 61.5 Å². The van der Waals surface area contributed by atoms with Gasteiger partial charge >= 0.3 is 0 Å². The van der Waals surface area contributed by atoms with Crippen molar-refractivity contribution in [1.29, 1.82) is 0 Å². The van der Waals surface area contributed by atoms with E-state index < -0.39 is 0 Å². The van der Waals surface area contributed by atoms with Crippen LogP contribution in [0.15, 0.2) is 12.1 Å². The van der Waals surface area contributed by atoms with Crippen molar-refractivity contribution in [2.45, 2.75) is 26.0 Å². The molecule has 3 aliphatic heterocycles. The maximum Gasteiger partial charge on any atom is 0.0745 e. The van der Waals surface area contributed by atoms with E-state index in [9.17, 15) is 0 Å². The number of rotatable bonds is 4. The molecule has 0 saturated carbocycles. The fourth-order valence-corrected chi connectivity index (χ4v) is 5.44. The predicted molar refractivity (Wildman–Crippen MR) is 99.6 cm³/mol. The minimum Gasteiger partial charge on any atom is -0.376 e. The van der Waals surface area contributed by atoms with Gasteiger partial charge in [-0.3, -0.25) is 9.80 Å². The Bertz CT molecular complexity index is 540. The van der Waals surface area contributed by atoms with Crippen molar-refractivity contribution in [2.75, 3.05) is 59.5 Å². The summed E-state index contributed by atoms with van der Waals surface area (Å²) < 4.78 is 6.25. The highest BCUT2D eigenvalue weighted by Crippen LogP contribution is 2.35. The molecule has 0 bridgehead atoms. The van der Waals surface area contributed by atoms with Gasteiger partial charge in [-0.15, -0.1) is 11.3 Å². The molecule has 0 amide bonds. The number of nitrogens with zero attached hydrogens (tertiary/aromatic N) is 3. The molecule has 0 aromatic carbocycles. The molecule has 4 nitrogen and oxygen atoms in total. The summed E-state index contributed by atoms with van der Waals surface area (Å²) >= 11 is 1.95. The number of fused-ring (bicyclic) bond motifs is 1. The summed E-state index contributed by atoms with van der Waals surface area (Å²) in [6, 6.07) is 4.56. The number of thiophene rings is 1. The first-order chi connectivity index (χ1) is 11.7. The average molecular weight is 350 g/mol. The van der Waals surface area contributed by atoms with Crippen molar-refractivity contribution in [2.24, 2.45) is 11.8 Å². The quantitative estimate of drug-likeness (QED) is 0.829. The molecule has 0 unspecified atom stereocenters. The maximum absolute atomic E-state index is 6.25. The third kappa shape index (κ3) is 3.86. The van der Waals surface area contributed by atoms with Crippen molar-refractivity contribution in [1.82, 2.24) is 14.7 Å². The Morgan fingerprint density at radius 1 is 1.12 bits per heavy atom. The SMILES string of the molecule is Cc1ccc(CN2CC[C@@H]3CO[C@@H](CN4CCN(C)CC4)[C@@H]3C2)s1. The Morgan fingerprint density at radius 3 is 2.71 bits per heavy atom. The molecule has 0 radical (unpaired) electrons. The van der Waals surface area contributed by atoms with Crippen molar-refractivity contribution in [3.63, 3.8) is 0 Å². The van der Waals surface area contributed by atoms with E-state index in [-0.39, 0.29) is 0 Å². The predicted octanol–water partition coefficient (Wildman–Crippen LogP) is 2.14. The first-order valence-electron chi connectivity index (χ1n) is 9.47. The molecule has 3 saturated heterocycles. The Kier molecular flexibility index (Phi) is 5.25. The Labute approximate surface area is 150 Å². The molecule has 3 aliphatic rings. The minimum absolute atomic E-state index is 0.450. The lowest BCUT2D eigenvalue weighted by Gasteiger charge is -2.38. The minimum atomic E-state index is 0.450. The highest BCUT2D eigenvalue weighted by Gasteiger charge is 2.41. The number of ether oxygens (including phenoxy) is 1. The van der Waals surface area contributed by atoms with Crippen LogP contribution in [-0.2, 0) is 11.3 Å². The molecular weight excluding hydrogens is 318 g/mol. The fraction of sp³-hybridized carbons (Fsp3) is 0.789. The molecule has 4 rings (SSSR count). The van der Waals surface area contributed by atoms with E-state index in [1.54, 1.807) is 0 Å². The van der Waals surface area contributed by atoms with Crippen LogP contribution in [0.4, 0.5) is 0 Å². The van der Waals surface area contributed by atoms with Crippen LogP contribution in [0, 0.1) is 18.8 Å². The van der Waals surface area contributed by atoms with Crippen LogP contribution >= 0.6 is 11.3 Å². The standard InChI is InChI=1S/C19H31N3OS/c1-15-3-4-17(24-15)11-22-6-5-16-14-23-19(18(16)12-22)13-21-9-7-20(2)8-10-21/h3-4,16,18-19H,5-14H2,1-2H3/t16-,18-,19+/m1/s1. The zero-order valence-electron chi connectivity index (χ0n) is 15.1. The van der Waals surface area contributed by atoms with Gasteiger partial charge in [-0.25, -0.2) is 0 Å². The number of likely N-dealkylation sites (tertiary alicyclic amines) is 1. The van der Waals surface area contributed by atoms with Gasteiger partial charge in [-0.05, 0) is 45.0 Å². The molecule has 3 fully saturated rings. The molecule has 0 aliphatic carbocycles. The number of piperidine rings is 1. The summed E-state index contributed by atoms with van der Waals surface area (Å²) in [6.07, 6.45) is 1.76. The molecule has 0 spiro atoms. The number of piperazine rings is 1. The number of hydrogen-bond donors (Lipinski definition) is 0. The topological polar surface area (TPSA) is 19.0 Å². The largest absolute Gasteiger partial charge is 0.376 e. The van der Waals surface area contributed by atoms with Gasteiger partial charge in [0.2, 0.25) is 0 Å². The zero-order valence-corrected chi connectivity index (χ0v) is 15.9. The molecule has 134 valence electrons. The normalized spacial score (nSPS) is 33.0. The number of aryl methyl sites for hydroxylation is 1. The van der Waals surface area contributed by atoms with Crippen LogP contribution < -0.4 is 0 Å². The van der Waals surface area contributed by atoms with Gasteiger partial charge in [0.1, 0.15) is 0 Å². The van der Waals surface area contributed by atoms with Crippen LogP contribution in [0.2, 0.25) is 0 Å². The molecule has 1 aromatic heterocycles. The van der Waals surface area contributed by atoms with E-state index >= 15 is 0 Å². The second kappa shape index (κ2) is 7.42. The van der Waals surface area contributed by atoms with Crippen molar-refractivity contribution in [3.8, 4) is 0 Å². The number of hydrogen-bond acceptors (Lipinski definition) is 5. The van der Waals surface area contributed by atoms with Gasteiger partial charge in [0.05, 0.1) is 12.7 Å². The Hall–Kier alpha value is -0.460. The fourth-order valence-electron chi connectivity index (χ4n) is 4.51. The van der Waals surface area contributed by atoms with Crippen LogP contribution in [0.25, 0.3) is 0 Å². The third-order valence-electron chi connectivity index (χ3n) is 6.10. The lowest BCUT2D eigenvalue weighted by atomic mass is 9.84. The molecule has 24 heavy (non-hydrogen) atoms. The first-order valence-corrected chi connectivity index (χ1v) is 10.3. The highest BCUT2D eigenvalue weighted by molar-refractivity contribution is 7.11. The van der Waals surface area contributed by atoms with Gasteiger partial charge in [0.25, 0.3) is 0 Å². The third-order valence-corrected chi connectivity index (χ3v) is 7.09. The smallest absolute Gasteiger partial charge is 0.0745 e. The summed E-state index contributed by atoms with van der Waals surface area (Å²) in [6.45, 7) is 12.7. The molecule has 0 N–H and O–H groups in total. The molecule has 3 atom stereocenters. The Morgan fingerprint density at radius 2 is 1.96 bits per heavy atom. The number of likely N-dealkylation sites (N-methyl/N-ethyl adjacent to an activating group) is 1. The first kappa shape index (κ1) is 17.0. The van der Waals surface area contributed by atoms with E-state index in [0.717, 1.165) is 31.5 Å². The van der Waals surface area contributed by atoms with Crippen LogP contribution in [0.3, 0.4) is 0 Å². The van der Waals surface area contributed by atoms with Crippen LogP contribution in [-0.4, -0.2) is 80.3 Å². The molecule has 5 heteroatoms. The van der Waals surface area contributed by atoms with Gasteiger partial charge in [0.15, 0.2) is 0 Å². The van der Waals surface area contributed by atoms with E-state index in [1.165, 1.54) is 55.4 Å². The average Bonchev–Trinajstić information content (AvgIpc) is 3.16. The van der Waals surface area contributed by atoms with Gasteiger partial charge < -0.3 is 9.64 Å².